The van der Waals surface area contributed by atoms with Gasteiger partial charge in [-0.25, -0.2) is 14.4 Å². The number of pyridine rings is 1. The van der Waals surface area contributed by atoms with Gasteiger partial charge in [0.1, 0.15) is 6.10 Å². The van der Waals surface area contributed by atoms with Gasteiger partial charge in [0.25, 0.3) is 0 Å². The lowest BCUT2D eigenvalue weighted by Gasteiger charge is -2.27. The van der Waals surface area contributed by atoms with E-state index in [1.54, 1.807) is 11.8 Å². The summed E-state index contributed by atoms with van der Waals surface area (Å²) in [6, 6.07) is 11.7. The number of rotatable bonds is 7. The van der Waals surface area contributed by atoms with Crippen LogP contribution in [0, 0.1) is 5.82 Å². The second-order valence-corrected chi connectivity index (χ2v) is 7.34. The largest absolute Gasteiger partial charge is 0.484 e. The molecule has 0 bridgehead atoms. The number of nitrogens with zero attached hydrogens (tertiary/aromatic N) is 2. The van der Waals surface area contributed by atoms with Gasteiger partial charge < -0.3 is 15.8 Å². The van der Waals surface area contributed by atoms with E-state index in [9.17, 15) is 4.39 Å². The summed E-state index contributed by atoms with van der Waals surface area (Å²) in [7, 11) is 0. The number of thioether (sulfide) groups is 1. The fourth-order valence-electron chi connectivity index (χ4n) is 2.54. The van der Waals surface area contributed by atoms with Gasteiger partial charge in [-0.2, -0.15) is 0 Å². The van der Waals surface area contributed by atoms with Crippen molar-refractivity contribution in [1.29, 1.82) is 0 Å². The zero-order valence-electron chi connectivity index (χ0n) is 15.4. The van der Waals surface area contributed by atoms with E-state index in [0.29, 0.717) is 11.5 Å². The molecule has 0 aliphatic carbocycles. The van der Waals surface area contributed by atoms with Gasteiger partial charge in [0.05, 0.1) is 11.9 Å². The molecule has 0 atom stereocenters. The highest BCUT2D eigenvalue weighted by molar-refractivity contribution is 8.03. The molecule has 3 rings (SSSR count). The van der Waals surface area contributed by atoms with E-state index < -0.39 is 5.82 Å². The van der Waals surface area contributed by atoms with Crippen molar-refractivity contribution in [1.82, 2.24) is 10.3 Å². The molecule has 1 aromatic carbocycles. The van der Waals surface area contributed by atoms with Crippen molar-refractivity contribution in [3.63, 3.8) is 0 Å². The zero-order valence-corrected chi connectivity index (χ0v) is 16.2. The van der Waals surface area contributed by atoms with Gasteiger partial charge in [0.15, 0.2) is 17.4 Å². The summed E-state index contributed by atoms with van der Waals surface area (Å²) in [6.45, 7) is 5.16. The third-order valence-electron chi connectivity index (χ3n) is 4.04. The van der Waals surface area contributed by atoms with Crippen molar-refractivity contribution in [2.24, 2.45) is 10.7 Å². The van der Waals surface area contributed by atoms with Crippen LogP contribution < -0.4 is 15.8 Å². The molecule has 1 aliphatic heterocycles. The smallest absolute Gasteiger partial charge is 0.183 e. The van der Waals surface area contributed by atoms with E-state index in [1.165, 1.54) is 11.6 Å². The van der Waals surface area contributed by atoms with E-state index >= 15 is 0 Å². The normalized spacial score (nSPS) is 15.9. The topological polar surface area (TPSA) is 72.5 Å². The number of halogens is 1. The van der Waals surface area contributed by atoms with Gasteiger partial charge in [-0.15, -0.1) is 11.8 Å². The second-order valence-electron chi connectivity index (χ2n) is 6.35. The maximum Gasteiger partial charge on any atom is 0.183 e. The Balaban J connectivity index is 1.75. The van der Waals surface area contributed by atoms with Crippen LogP contribution in [0.4, 0.5) is 10.2 Å². The van der Waals surface area contributed by atoms with Crippen LogP contribution in [0.5, 0.6) is 5.75 Å². The van der Waals surface area contributed by atoms with Crippen LogP contribution in [-0.4, -0.2) is 29.9 Å². The molecule has 7 heteroatoms. The Morgan fingerprint density at radius 3 is 2.70 bits per heavy atom. The number of allylic oxidation sites excluding steroid dienone is 2. The molecule has 1 saturated heterocycles. The number of aromatic nitrogens is 1. The first-order chi connectivity index (χ1) is 13.0. The van der Waals surface area contributed by atoms with Gasteiger partial charge >= 0.3 is 0 Å². The van der Waals surface area contributed by atoms with Gasteiger partial charge in [-0.05, 0) is 19.4 Å². The molecule has 142 valence electrons. The maximum absolute atomic E-state index is 13.9. The molecule has 5 nitrogen and oxygen atoms in total. The molecule has 1 fully saturated rings. The summed E-state index contributed by atoms with van der Waals surface area (Å²) < 4.78 is 19.6. The predicted octanol–water partition coefficient (Wildman–Crippen LogP) is 3.79. The molecule has 0 amide bonds. The average Bonchev–Trinajstić information content (AvgIpc) is 2.61. The van der Waals surface area contributed by atoms with Crippen LogP contribution in [0.3, 0.4) is 0 Å². The first-order valence-corrected chi connectivity index (χ1v) is 9.73. The van der Waals surface area contributed by atoms with Crippen LogP contribution in [-0.2, 0) is 5.75 Å². The lowest BCUT2D eigenvalue weighted by molar-refractivity contribution is 0.136. The Bertz CT molecular complexity index is 846. The standard InChI is InChI=1S/C20H23FN4OS/c1-13(22)20(27-12-15-6-4-3-5-7-15)14(2)25-19-8-18(17(21)11-24-19)26-16-9-23-10-16/h3-8,11,16,23H,9-10,12,22H2,1-2H3. The lowest BCUT2D eigenvalue weighted by Crippen LogP contribution is -2.50. The third-order valence-corrected chi connectivity index (χ3v) is 5.42. The first kappa shape index (κ1) is 19.4. The Morgan fingerprint density at radius 1 is 1.33 bits per heavy atom. The molecule has 0 spiro atoms. The van der Waals surface area contributed by atoms with Crippen LogP contribution in [0.2, 0.25) is 0 Å². The summed E-state index contributed by atoms with van der Waals surface area (Å²) in [5.74, 6) is 0.880. The molecule has 3 N–H and O–H groups in total. The molecule has 0 radical (unpaired) electrons. The fourth-order valence-corrected chi connectivity index (χ4v) is 3.53. The molecule has 2 heterocycles. The SMILES string of the molecule is CC(=Nc1cc(OC2CNC2)c(F)cn1)C(SCc1ccccc1)=C(C)N. The quantitative estimate of drug-likeness (QED) is 0.709. The predicted molar refractivity (Wildman–Crippen MR) is 109 cm³/mol. The number of ether oxygens (including phenoxy) is 1. The monoisotopic (exact) mass is 386 g/mol. The Labute approximate surface area is 162 Å². The molecule has 27 heavy (non-hydrogen) atoms. The minimum atomic E-state index is -0.484. The number of aliphatic imine (C=N–C) groups is 1. The van der Waals surface area contributed by atoms with Crippen molar-refractivity contribution in [3.05, 3.63) is 64.6 Å². The van der Waals surface area contributed by atoms with Crippen molar-refractivity contribution >= 4 is 23.3 Å². The summed E-state index contributed by atoms with van der Waals surface area (Å²) in [6.07, 6.45) is 1.13. The molecule has 2 aromatic rings. The zero-order chi connectivity index (χ0) is 19.2. The number of hydrogen-bond donors (Lipinski definition) is 2. The van der Waals surface area contributed by atoms with Crippen LogP contribution >= 0.6 is 11.8 Å². The van der Waals surface area contributed by atoms with E-state index in [1.807, 2.05) is 32.0 Å². The van der Waals surface area contributed by atoms with Crippen LogP contribution in [0.1, 0.15) is 19.4 Å². The summed E-state index contributed by atoms with van der Waals surface area (Å²) in [4.78, 5) is 9.49. The maximum atomic E-state index is 13.9. The number of benzene rings is 1. The van der Waals surface area contributed by atoms with Gasteiger partial charge in [0.2, 0.25) is 0 Å². The summed E-state index contributed by atoms with van der Waals surface area (Å²) >= 11 is 1.62. The van der Waals surface area contributed by atoms with Crippen molar-refractivity contribution in [2.45, 2.75) is 25.7 Å². The third kappa shape index (κ3) is 5.30. The van der Waals surface area contributed by atoms with Gasteiger partial charge in [-0.3, -0.25) is 0 Å². The molecule has 1 aliphatic rings. The highest BCUT2D eigenvalue weighted by Crippen LogP contribution is 2.28. The Kier molecular flexibility index (Phi) is 6.47. The highest BCUT2D eigenvalue weighted by Gasteiger charge is 2.20. The van der Waals surface area contributed by atoms with Crippen LogP contribution in [0.15, 0.2) is 58.2 Å². The molecule has 1 aromatic heterocycles. The number of nitrogens with one attached hydrogen (secondary N) is 1. The van der Waals surface area contributed by atoms with Crippen molar-refractivity contribution < 1.29 is 9.13 Å². The molecule has 0 unspecified atom stereocenters. The van der Waals surface area contributed by atoms with E-state index in [4.69, 9.17) is 10.5 Å². The summed E-state index contributed by atoms with van der Waals surface area (Å²) in [5.41, 5.74) is 8.71. The van der Waals surface area contributed by atoms with E-state index in [-0.39, 0.29) is 11.9 Å². The number of hydrogen-bond acceptors (Lipinski definition) is 6. The minimum absolute atomic E-state index is 0.0111. The van der Waals surface area contributed by atoms with Crippen molar-refractivity contribution in [3.8, 4) is 5.75 Å². The van der Waals surface area contributed by atoms with E-state index in [0.717, 1.165) is 35.7 Å². The van der Waals surface area contributed by atoms with Gasteiger partial charge in [0, 0.05) is 35.5 Å². The highest BCUT2D eigenvalue weighted by atomic mass is 32.2. The number of nitrogens with two attached hydrogens (primary N) is 1. The second kappa shape index (κ2) is 9.01. The average molecular weight is 386 g/mol. The molecular weight excluding hydrogens is 363 g/mol. The Morgan fingerprint density at radius 2 is 2.07 bits per heavy atom. The first-order valence-electron chi connectivity index (χ1n) is 8.74. The molecular formula is C20H23FN4OS. The van der Waals surface area contributed by atoms with Crippen LogP contribution in [0.25, 0.3) is 0 Å². The Hall–Kier alpha value is -2.38. The van der Waals surface area contributed by atoms with Gasteiger partial charge in [-0.1, -0.05) is 30.3 Å². The molecule has 0 saturated carbocycles. The lowest BCUT2D eigenvalue weighted by atomic mass is 10.2. The van der Waals surface area contributed by atoms with Crippen molar-refractivity contribution in [2.75, 3.05) is 13.1 Å². The minimum Gasteiger partial charge on any atom is -0.484 e. The van der Waals surface area contributed by atoms with E-state index in [2.05, 4.69) is 27.4 Å². The fraction of sp³-hybridized carbons (Fsp3) is 0.300. The summed E-state index contributed by atoms with van der Waals surface area (Å²) in [5, 5.41) is 3.09.